The highest BCUT2D eigenvalue weighted by Crippen LogP contribution is 2.33. The van der Waals surface area contributed by atoms with E-state index in [9.17, 15) is 13.9 Å². The molecule has 0 atom stereocenters. The van der Waals surface area contributed by atoms with Gasteiger partial charge in [0.05, 0.1) is 7.11 Å². The van der Waals surface area contributed by atoms with Crippen LogP contribution in [-0.4, -0.2) is 23.9 Å². The van der Waals surface area contributed by atoms with E-state index < -0.39 is 17.4 Å². The summed E-state index contributed by atoms with van der Waals surface area (Å²) in [6, 6.07) is 0.537. The van der Waals surface area contributed by atoms with Crippen LogP contribution < -0.4 is 4.74 Å². The van der Waals surface area contributed by atoms with Gasteiger partial charge in [0.2, 0.25) is 0 Å². The van der Waals surface area contributed by atoms with Gasteiger partial charge in [0.15, 0.2) is 23.1 Å². The predicted molar refractivity (Wildman–Crippen MR) is 45.4 cm³/mol. The molecular formula is C9H10F2O3. The van der Waals surface area contributed by atoms with Gasteiger partial charge in [-0.2, -0.15) is 0 Å². The normalized spacial score (nSPS) is 10.3. The first-order chi connectivity index (χ1) is 6.61. The molecule has 2 N–H and O–H groups in total. The third kappa shape index (κ3) is 1.77. The molecule has 14 heavy (non-hydrogen) atoms. The number of hydrogen-bond acceptors (Lipinski definition) is 3. The van der Waals surface area contributed by atoms with E-state index in [2.05, 4.69) is 4.74 Å². The second-order valence-electron chi connectivity index (χ2n) is 2.67. The molecule has 0 bridgehead atoms. The van der Waals surface area contributed by atoms with Gasteiger partial charge in [-0.1, -0.05) is 0 Å². The van der Waals surface area contributed by atoms with E-state index >= 15 is 0 Å². The molecule has 0 unspecified atom stereocenters. The topological polar surface area (TPSA) is 49.7 Å². The number of aliphatic hydroxyl groups excluding tert-OH is 1. The lowest BCUT2D eigenvalue weighted by Gasteiger charge is -2.10. The summed E-state index contributed by atoms with van der Waals surface area (Å²) < 4.78 is 30.6. The molecular weight excluding hydrogens is 194 g/mol. The molecule has 0 saturated carbocycles. The summed E-state index contributed by atoms with van der Waals surface area (Å²) in [5.41, 5.74) is -0.0625. The Morgan fingerprint density at radius 2 is 2.00 bits per heavy atom. The van der Waals surface area contributed by atoms with Gasteiger partial charge in [-0.05, 0) is 0 Å². The SMILES string of the molecule is COc1c(F)cc(F)c(O)c1CCO. The molecule has 0 aliphatic heterocycles. The van der Waals surface area contributed by atoms with E-state index in [4.69, 9.17) is 5.11 Å². The molecule has 1 aromatic rings. The lowest BCUT2D eigenvalue weighted by Crippen LogP contribution is -2.00. The van der Waals surface area contributed by atoms with E-state index in [-0.39, 0.29) is 24.3 Å². The average molecular weight is 204 g/mol. The van der Waals surface area contributed by atoms with Gasteiger partial charge < -0.3 is 14.9 Å². The van der Waals surface area contributed by atoms with Crippen LogP contribution in [0.1, 0.15) is 5.56 Å². The molecule has 0 amide bonds. The molecule has 0 heterocycles. The Labute approximate surface area is 79.6 Å². The van der Waals surface area contributed by atoms with Crippen molar-refractivity contribution in [1.82, 2.24) is 0 Å². The number of benzene rings is 1. The highest BCUT2D eigenvalue weighted by molar-refractivity contribution is 5.46. The first-order valence-electron chi connectivity index (χ1n) is 3.96. The van der Waals surface area contributed by atoms with Gasteiger partial charge in [-0.15, -0.1) is 0 Å². The minimum absolute atomic E-state index is 0.0625. The molecule has 0 radical (unpaired) electrons. The maximum atomic E-state index is 13.1. The summed E-state index contributed by atoms with van der Waals surface area (Å²) in [5.74, 6) is -2.88. The van der Waals surface area contributed by atoms with Crippen molar-refractivity contribution in [2.45, 2.75) is 6.42 Å². The van der Waals surface area contributed by atoms with E-state index in [1.807, 2.05) is 0 Å². The lowest BCUT2D eigenvalue weighted by atomic mass is 10.1. The highest BCUT2D eigenvalue weighted by Gasteiger charge is 2.18. The number of aromatic hydroxyl groups is 1. The van der Waals surface area contributed by atoms with Crippen LogP contribution in [0.5, 0.6) is 11.5 Å². The molecule has 0 aliphatic rings. The Morgan fingerprint density at radius 3 is 2.50 bits per heavy atom. The highest BCUT2D eigenvalue weighted by atomic mass is 19.1. The molecule has 1 aromatic carbocycles. The number of halogens is 2. The van der Waals surface area contributed by atoms with Crippen molar-refractivity contribution in [2.75, 3.05) is 13.7 Å². The van der Waals surface area contributed by atoms with Crippen molar-refractivity contribution in [2.24, 2.45) is 0 Å². The third-order valence-corrected chi connectivity index (χ3v) is 1.82. The fraction of sp³-hybridized carbons (Fsp3) is 0.333. The zero-order valence-corrected chi connectivity index (χ0v) is 7.55. The van der Waals surface area contributed by atoms with Crippen LogP contribution in [0.3, 0.4) is 0 Å². The fourth-order valence-corrected chi connectivity index (χ4v) is 1.21. The molecule has 0 aliphatic carbocycles. The third-order valence-electron chi connectivity index (χ3n) is 1.82. The van der Waals surface area contributed by atoms with Crippen molar-refractivity contribution < 1.29 is 23.7 Å². The molecule has 0 saturated heterocycles. The number of phenols is 1. The van der Waals surface area contributed by atoms with E-state index in [1.165, 1.54) is 7.11 Å². The standard InChI is InChI=1S/C9H10F2O3/c1-14-9-5(2-3-12)8(13)6(10)4-7(9)11/h4,12-13H,2-3H2,1H3. The average Bonchev–Trinajstić information content (AvgIpc) is 2.14. The summed E-state index contributed by atoms with van der Waals surface area (Å²) in [4.78, 5) is 0. The Morgan fingerprint density at radius 1 is 1.36 bits per heavy atom. The number of aliphatic hydroxyl groups is 1. The molecule has 1 rings (SSSR count). The van der Waals surface area contributed by atoms with Gasteiger partial charge in [0, 0.05) is 24.7 Å². The number of ether oxygens (including phenoxy) is 1. The monoisotopic (exact) mass is 204 g/mol. The van der Waals surface area contributed by atoms with Gasteiger partial charge in [0.25, 0.3) is 0 Å². The molecule has 78 valence electrons. The molecule has 0 fully saturated rings. The number of rotatable bonds is 3. The van der Waals surface area contributed by atoms with E-state index in [0.717, 1.165) is 0 Å². The van der Waals surface area contributed by atoms with Crippen LogP contribution in [0.25, 0.3) is 0 Å². The smallest absolute Gasteiger partial charge is 0.168 e. The summed E-state index contributed by atoms with van der Waals surface area (Å²) >= 11 is 0. The first kappa shape index (κ1) is 10.7. The van der Waals surface area contributed by atoms with Gasteiger partial charge >= 0.3 is 0 Å². The minimum atomic E-state index is -1.06. The van der Waals surface area contributed by atoms with Crippen LogP contribution in [-0.2, 0) is 6.42 Å². The van der Waals surface area contributed by atoms with Crippen LogP contribution in [0, 0.1) is 11.6 Å². The van der Waals surface area contributed by atoms with Crippen molar-refractivity contribution in [3.63, 3.8) is 0 Å². The maximum absolute atomic E-state index is 13.1. The molecule has 3 nitrogen and oxygen atoms in total. The molecule has 5 heteroatoms. The zero-order chi connectivity index (χ0) is 10.7. The second kappa shape index (κ2) is 4.23. The van der Waals surface area contributed by atoms with Crippen LogP contribution in [0.15, 0.2) is 6.07 Å². The summed E-state index contributed by atoms with van der Waals surface area (Å²) in [6.45, 7) is -0.327. The van der Waals surface area contributed by atoms with Crippen molar-refractivity contribution in [3.8, 4) is 11.5 Å². The second-order valence-corrected chi connectivity index (χ2v) is 2.67. The Bertz CT molecular complexity index is 339. The summed E-state index contributed by atoms with van der Waals surface area (Å²) in [6.07, 6.45) is -0.0658. The van der Waals surface area contributed by atoms with E-state index in [0.29, 0.717) is 6.07 Å². The Kier molecular flexibility index (Phi) is 3.24. The first-order valence-corrected chi connectivity index (χ1v) is 3.96. The Balaban J connectivity index is 3.32. The van der Waals surface area contributed by atoms with Crippen molar-refractivity contribution in [3.05, 3.63) is 23.3 Å². The molecule has 0 spiro atoms. The number of phenolic OH excluding ortho intramolecular Hbond substituents is 1. The fourth-order valence-electron chi connectivity index (χ4n) is 1.21. The van der Waals surface area contributed by atoms with Crippen LogP contribution in [0.4, 0.5) is 8.78 Å². The van der Waals surface area contributed by atoms with Gasteiger partial charge in [0.1, 0.15) is 0 Å². The number of hydrogen-bond donors (Lipinski definition) is 2. The Hall–Kier alpha value is -1.36. The lowest BCUT2D eigenvalue weighted by molar-refractivity contribution is 0.290. The quantitative estimate of drug-likeness (QED) is 0.778. The van der Waals surface area contributed by atoms with E-state index in [1.54, 1.807) is 0 Å². The maximum Gasteiger partial charge on any atom is 0.168 e. The summed E-state index contributed by atoms with van der Waals surface area (Å²) in [7, 11) is 1.20. The van der Waals surface area contributed by atoms with Crippen LogP contribution in [0.2, 0.25) is 0 Å². The predicted octanol–water partition coefficient (Wildman–Crippen LogP) is 1.21. The van der Waals surface area contributed by atoms with Crippen molar-refractivity contribution >= 4 is 0 Å². The van der Waals surface area contributed by atoms with Crippen LogP contribution >= 0.6 is 0 Å². The molecule has 0 aromatic heterocycles. The number of methoxy groups -OCH3 is 1. The largest absolute Gasteiger partial charge is 0.505 e. The minimum Gasteiger partial charge on any atom is -0.505 e. The summed E-state index contributed by atoms with van der Waals surface area (Å²) in [5, 5.41) is 17.9. The van der Waals surface area contributed by atoms with Crippen molar-refractivity contribution in [1.29, 1.82) is 0 Å². The zero-order valence-electron chi connectivity index (χ0n) is 7.55. The van der Waals surface area contributed by atoms with Gasteiger partial charge in [-0.25, -0.2) is 8.78 Å². The van der Waals surface area contributed by atoms with Gasteiger partial charge in [-0.3, -0.25) is 0 Å².